The number of hydrogen-bond donors (Lipinski definition) is 3. The lowest BCUT2D eigenvalue weighted by Gasteiger charge is -2.25. The zero-order valence-corrected chi connectivity index (χ0v) is 11.6. The molecule has 0 saturated carbocycles. The SMILES string of the molecule is CCC(NC(CO)CC(C)C)c1ccccc1O. The Labute approximate surface area is 110 Å². The molecule has 1 rings (SSSR count). The van der Waals surface area contributed by atoms with Gasteiger partial charge in [0.1, 0.15) is 5.75 Å². The van der Waals surface area contributed by atoms with Gasteiger partial charge in [0, 0.05) is 17.6 Å². The summed E-state index contributed by atoms with van der Waals surface area (Å²) in [6.07, 6.45) is 1.81. The summed E-state index contributed by atoms with van der Waals surface area (Å²) in [5, 5.41) is 22.7. The summed E-state index contributed by atoms with van der Waals surface area (Å²) in [5.41, 5.74) is 0.905. The molecule has 0 saturated heterocycles. The predicted octanol–water partition coefficient (Wildman–Crippen LogP) is 2.84. The fraction of sp³-hybridized carbons (Fsp3) is 0.600. The molecule has 0 aromatic heterocycles. The maximum Gasteiger partial charge on any atom is 0.120 e. The van der Waals surface area contributed by atoms with E-state index in [0.717, 1.165) is 18.4 Å². The quantitative estimate of drug-likeness (QED) is 0.698. The van der Waals surface area contributed by atoms with Crippen LogP contribution in [0.1, 0.15) is 45.2 Å². The van der Waals surface area contributed by atoms with Crippen LogP contribution in [0.4, 0.5) is 0 Å². The second kappa shape index (κ2) is 7.39. The standard InChI is InChI=1S/C15H25NO2/c1-4-14(13-7-5-6-8-15(13)18)16-12(10-17)9-11(2)3/h5-8,11-12,14,16-18H,4,9-10H2,1-3H3. The molecule has 18 heavy (non-hydrogen) atoms. The summed E-state index contributed by atoms with van der Waals surface area (Å²) in [4.78, 5) is 0. The lowest BCUT2D eigenvalue weighted by Crippen LogP contribution is -2.36. The number of aromatic hydroxyl groups is 1. The van der Waals surface area contributed by atoms with E-state index in [1.165, 1.54) is 0 Å². The Morgan fingerprint density at radius 3 is 2.39 bits per heavy atom. The molecule has 0 fully saturated rings. The molecule has 0 bridgehead atoms. The molecule has 3 N–H and O–H groups in total. The fourth-order valence-electron chi connectivity index (χ4n) is 2.26. The summed E-state index contributed by atoms with van der Waals surface area (Å²) in [6, 6.07) is 7.55. The Balaban J connectivity index is 2.75. The molecule has 1 aromatic carbocycles. The summed E-state index contributed by atoms with van der Waals surface area (Å²) in [7, 11) is 0. The van der Waals surface area contributed by atoms with E-state index in [1.54, 1.807) is 6.07 Å². The topological polar surface area (TPSA) is 52.5 Å². The van der Waals surface area contributed by atoms with Gasteiger partial charge in [-0.15, -0.1) is 0 Å². The van der Waals surface area contributed by atoms with Crippen molar-refractivity contribution in [3.8, 4) is 5.75 Å². The van der Waals surface area contributed by atoms with Crippen molar-refractivity contribution in [2.24, 2.45) is 5.92 Å². The molecule has 0 amide bonds. The van der Waals surface area contributed by atoms with E-state index in [-0.39, 0.29) is 18.7 Å². The van der Waals surface area contributed by atoms with Gasteiger partial charge in [-0.3, -0.25) is 0 Å². The average molecular weight is 251 g/mol. The molecular formula is C15H25NO2. The normalized spacial score (nSPS) is 14.7. The minimum atomic E-state index is 0.0783. The van der Waals surface area contributed by atoms with Gasteiger partial charge in [-0.1, -0.05) is 39.0 Å². The number of phenolic OH excluding ortho intramolecular Hbond substituents is 1. The van der Waals surface area contributed by atoms with Crippen molar-refractivity contribution in [3.63, 3.8) is 0 Å². The molecule has 0 aliphatic rings. The molecule has 2 unspecified atom stereocenters. The summed E-state index contributed by atoms with van der Waals surface area (Å²) >= 11 is 0. The van der Waals surface area contributed by atoms with Gasteiger partial charge in [-0.05, 0) is 24.8 Å². The molecule has 0 spiro atoms. The van der Waals surface area contributed by atoms with Crippen LogP contribution in [0.5, 0.6) is 5.75 Å². The van der Waals surface area contributed by atoms with Gasteiger partial charge in [-0.2, -0.15) is 0 Å². The van der Waals surface area contributed by atoms with Crippen LogP contribution in [0, 0.1) is 5.92 Å². The minimum absolute atomic E-state index is 0.0783. The van der Waals surface area contributed by atoms with Gasteiger partial charge >= 0.3 is 0 Å². The highest BCUT2D eigenvalue weighted by Crippen LogP contribution is 2.26. The van der Waals surface area contributed by atoms with Crippen LogP contribution in [-0.2, 0) is 0 Å². The van der Waals surface area contributed by atoms with E-state index in [2.05, 4.69) is 26.1 Å². The Morgan fingerprint density at radius 1 is 1.22 bits per heavy atom. The van der Waals surface area contributed by atoms with Crippen molar-refractivity contribution in [2.45, 2.75) is 45.7 Å². The van der Waals surface area contributed by atoms with Crippen LogP contribution in [0.25, 0.3) is 0 Å². The van der Waals surface area contributed by atoms with Crippen molar-refractivity contribution in [1.29, 1.82) is 0 Å². The van der Waals surface area contributed by atoms with Gasteiger partial charge in [0.15, 0.2) is 0 Å². The number of para-hydroxylation sites is 1. The first kappa shape index (κ1) is 15.0. The minimum Gasteiger partial charge on any atom is -0.508 e. The second-order valence-electron chi connectivity index (χ2n) is 5.20. The maximum atomic E-state index is 9.88. The van der Waals surface area contributed by atoms with Crippen molar-refractivity contribution in [2.75, 3.05) is 6.61 Å². The van der Waals surface area contributed by atoms with Crippen LogP contribution >= 0.6 is 0 Å². The van der Waals surface area contributed by atoms with E-state index >= 15 is 0 Å². The van der Waals surface area contributed by atoms with Gasteiger partial charge in [0.25, 0.3) is 0 Å². The number of nitrogens with one attached hydrogen (secondary N) is 1. The zero-order valence-electron chi connectivity index (χ0n) is 11.6. The van der Waals surface area contributed by atoms with Gasteiger partial charge in [-0.25, -0.2) is 0 Å². The van der Waals surface area contributed by atoms with Gasteiger partial charge in [0.2, 0.25) is 0 Å². The summed E-state index contributed by atoms with van der Waals surface area (Å²) in [5.74, 6) is 0.856. The summed E-state index contributed by atoms with van der Waals surface area (Å²) in [6.45, 7) is 6.49. The molecule has 0 aliphatic heterocycles. The Morgan fingerprint density at radius 2 is 1.89 bits per heavy atom. The fourth-order valence-corrected chi connectivity index (χ4v) is 2.26. The van der Waals surface area contributed by atoms with Crippen molar-refractivity contribution < 1.29 is 10.2 Å². The van der Waals surface area contributed by atoms with E-state index in [9.17, 15) is 10.2 Å². The molecule has 3 heteroatoms. The molecule has 0 radical (unpaired) electrons. The van der Waals surface area contributed by atoms with Crippen LogP contribution in [0.3, 0.4) is 0 Å². The number of benzene rings is 1. The lowest BCUT2D eigenvalue weighted by molar-refractivity contribution is 0.211. The van der Waals surface area contributed by atoms with Crippen LogP contribution < -0.4 is 5.32 Å². The highest BCUT2D eigenvalue weighted by molar-refractivity contribution is 5.34. The number of rotatable bonds is 7. The number of hydrogen-bond acceptors (Lipinski definition) is 3. The Bertz CT molecular complexity index is 352. The van der Waals surface area contributed by atoms with Crippen molar-refractivity contribution in [3.05, 3.63) is 29.8 Å². The molecule has 2 atom stereocenters. The lowest BCUT2D eigenvalue weighted by atomic mass is 9.99. The largest absolute Gasteiger partial charge is 0.508 e. The monoisotopic (exact) mass is 251 g/mol. The average Bonchev–Trinajstić information content (AvgIpc) is 2.35. The third kappa shape index (κ3) is 4.31. The number of aliphatic hydroxyl groups is 1. The van der Waals surface area contributed by atoms with Crippen LogP contribution in [0.15, 0.2) is 24.3 Å². The molecular weight excluding hydrogens is 226 g/mol. The zero-order chi connectivity index (χ0) is 13.5. The van der Waals surface area contributed by atoms with E-state index in [0.29, 0.717) is 11.7 Å². The van der Waals surface area contributed by atoms with Gasteiger partial charge < -0.3 is 15.5 Å². The van der Waals surface area contributed by atoms with E-state index in [4.69, 9.17) is 0 Å². The van der Waals surface area contributed by atoms with Gasteiger partial charge in [0.05, 0.1) is 6.61 Å². The third-order valence-electron chi connectivity index (χ3n) is 3.13. The maximum absolute atomic E-state index is 9.88. The molecule has 0 heterocycles. The van der Waals surface area contributed by atoms with E-state index < -0.39 is 0 Å². The first-order chi connectivity index (χ1) is 8.58. The first-order valence-corrected chi connectivity index (χ1v) is 6.73. The number of aliphatic hydroxyl groups excluding tert-OH is 1. The first-order valence-electron chi connectivity index (χ1n) is 6.73. The van der Waals surface area contributed by atoms with Crippen LogP contribution in [-0.4, -0.2) is 22.9 Å². The van der Waals surface area contributed by atoms with Crippen molar-refractivity contribution in [1.82, 2.24) is 5.32 Å². The Hall–Kier alpha value is -1.06. The smallest absolute Gasteiger partial charge is 0.120 e. The van der Waals surface area contributed by atoms with Crippen LogP contribution in [0.2, 0.25) is 0 Å². The van der Waals surface area contributed by atoms with E-state index in [1.807, 2.05) is 18.2 Å². The second-order valence-corrected chi connectivity index (χ2v) is 5.20. The number of phenols is 1. The Kier molecular flexibility index (Phi) is 6.16. The molecule has 3 nitrogen and oxygen atoms in total. The predicted molar refractivity (Wildman–Crippen MR) is 74.6 cm³/mol. The summed E-state index contributed by atoms with van der Waals surface area (Å²) < 4.78 is 0. The highest BCUT2D eigenvalue weighted by atomic mass is 16.3. The molecule has 0 aliphatic carbocycles. The highest BCUT2D eigenvalue weighted by Gasteiger charge is 2.18. The third-order valence-corrected chi connectivity index (χ3v) is 3.13. The molecule has 102 valence electrons. The van der Waals surface area contributed by atoms with Crippen molar-refractivity contribution >= 4 is 0 Å². The molecule has 1 aromatic rings.